The van der Waals surface area contributed by atoms with Crippen molar-refractivity contribution in [1.82, 2.24) is 0 Å². The summed E-state index contributed by atoms with van der Waals surface area (Å²) in [6.45, 7) is 0. The molecule has 0 saturated heterocycles. The lowest BCUT2D eigenvalue weighted by molar-refractivity contribution is 0.0698. The first-order valence-corrected chi connectivity index (χ1v) is 5.64. The Hall–Kier alpha value is -3.02. The second kappa shape index (κ2) is 5.75. The molecule has 102 valence electrons. The molecule has 6 nitrogen and oxygen atoms in total. The third-order valence-corrected chi connectivity index (χ3v) is 2.40. The Morgan fingerprint density at radius 1 is 0.950 bits per heavy atom. The Bertz CT molecular complexity index is 639. The standard InChI is InChI=1S/C14H11NO5/c15-12-8-10(6-7-11(12)13(16)17)20-14(18)19-9-4-2-1-3-5-9/h1-8H,15H2,(H,16,17). The first-order chi connectivity index (χ1) is 9.56. The number of anilines is 1. The number of ether oxygens (including phenoxy) is 2. The fraction of sp³-hybridized carbons (Fsp3) is 0. The van der Waals surface area contributed by atoms with E-state index in [9.17, 15) is 9.59 Å². The summed E-state index contributed by atoms with van der Waals surface area (Å²) in [4.78, 5) is 22.3. The Kier molecular flexibility index (Phi) is 3.85. The lowest BCUT2D eigenvalue weighted by atomic mass is 10.2. The summed E-state index contributed by atoms with van der Waals surface area (Å²) < 4.78 is 9.82. The van der Waals surface area contributed by atoms with Crippen LogP contribution < -0.4 is 15.2 Å². The number of benzene rings is 2. The van der Waals surface area contributed by atoms with Gasteiger partial charge in [0.25, 0.3) is 0 Å². The number of nitrogens with two attached hydrogens (primary N) is 1. The van der Waals surface area contributed by atoms with E-state index in [4.69, 9.17) is 20.3 Å². The maximum atomic E-state index is 11.5. The van der Waals surface area contributed by atoms with Crippen LogP contribution in [-0.4, -0.2) is 17.2 Å². The minimum atomic E-state index is -1.15. The van der Waals surface area contributed by atoms with Gasteiger partial charge in [-0.25, -0.2) is 9.59 Å². The van der Waals surface area contributed by atoms with E-state index in [-0.39, 0.29) is 17.0 Å². The van der Waals surface area contributed by atoms with Crippen molar-refractivity contribution in [1.29, 1.82) is 0 Å². The molecule has 3 N–H and O–H groups in total. The van der Waals surface area contributed by atoms with Crippen LogP contribution in [0.5, 0.6) is 11.5 Å². The highest BCUT2D eigenvalue weighted by Crippen LogP contribution is 2.20. The molecule has 2 aromatic rings. The van der Waals surface area contributed by atoms with Gasteiger partial charge < -0.3 is 20.3 Å². The zero-order valence-corrected chi connectivity index (χ0v) is 10.3. The monoisotopic (exact) mass is 273 g/mol. The number of carboxylic acid groups (broad SMARTS) is 1. The minimum Gasteiger partial charge on any atom is -0.478 e. The fourth-order valence-electron chi connectivity index (χ4n) is 1.50. The van der Waals surface area contributed by atoms with E-state index in [0.717, 1.165) is 0 Å². The molecule has 0 aromatic heterocycles. The molecule has 0 heterocycles. The number of carbonyl (C=O) groups is 2. The number of hydrogen-bond acceptors (Lipinski definition) is 5. The van der Waals surface area contributed by atoms with Gasteiger partial charge in [0, 0.05) is 11.8 Å². The predicted molar refractivity (Wildman–Crippen MR) is 70.9 cm³/mol. The summed E-state index contributed by atoms with van der Waals surface area (Å²) in [5.74, 6) is -0.707. The smallest absolute Gasteiger partial charge is 0.478 e. The molecule has 0 fully saturated rings. The van der Waals surface area contributed by atoms with Gasteiger partial charge in [0.15, 0.2) is 0 Å². The second-order valence-electron chi connectivity index (χ2n) is 3.82. The zero-order valence-electron chi connectivity index (χ0n) is 10.3. The molecule has 20 heavy (non-hydrogen) atoms. The topological polar surface area (TPSA) is 98.9 Å². The molecule has 0 bridgehead atoms. The first kappa shape index (κ1) is 13.4. The molecule has 0 radical (unpaired) electrons. The fourth-order valence-corrected chi connectivity index (χ4v) is 1.50. The van der Waals surface area contributed by atoms with Gasteiger partial charge >= 0.3 is 12.1 Å². The molecule has 0 unspecified atom stereocenters. The molecule has 0 aliphatic carbocycles. The van der Waals surface area contributed by atoms with Crippen molar-refractivity contribution < 1.29 is 24.2 Å². The molecular formula is C14H11NO5. The molecule has 0 atom stereocenters. The van der Waals surface area contributed by atoms with E-state index in [1.54, 1.807) is 30.3 Å². The van der Waals surface area contributed by atoms with Crippen LogP contribution >= 0.6 is 0 Å². The summed E-state index contributed by atoms with van der Waals surface area (Å²) in [5.41, 5.74) is 5.48. The second-order valence-corrected chi connectivity index (χ2v) is 3.82. The van der Waals surface area contributed by atoms with E-state index in [0.29, 0.717) is 5.75 Å². The van der Waals surface area contributed by atoms with Gasteiger partial charge in [-0.1, -0.05) is 18.2 Å². The van der Waals surface area contributed by atoms with Crippen LogP contribution in [0, 0.1) is 0 Å². The van der Waals surface area contributed by atoms with Crippen LogP contribution in [0.15, 0.2) is 48.5 Å². The Labute approximate surface area is 114 Å². The molecule has 0 amide bonds. The van der Waals surface area contributed by atoms with Crippen molar-refractivity contribution in [2.24, 2.45) is 0 Å². The van der Waals surface area contributed by atoms with Gasteiger partial charge in [0.2, 0.25) is 0 Å². The van der Waals surface area contributed by atoms with Crippen LogP contribution in [0.3, 0.4) is 0 Å². The van der Waals surface area contributed by atoms with Gasteiger partial charge in [-0.2, -0.15) is 0 Å². The van der Waals surface area contributed by atoms with Crippen molar-refractivity contribution in [2.45, 2.75) is 0 Å². The highest BCUT2D eigenvalue weighted by molar-refractivity contribution is 5.94. The molecule has 0 aliphatic rings. The summed E-state index contributed by atoms with van der Waals surface area (Å²) in [5, 5.41) is 8.82. The van der Waals surface area contributed by atoms with Crippen molar-refractivity contribution >= 4 is 17.8 Å². The molecule has 0 saturated carbocycles. The van der Waals surface area contributed by atoms with Gasteiger partial charge in [-0.3, -0.25) is 0 Å². The van der Waals surface area contributed by atoms with Gasteiger partial charge in [-0.05, 0) is 24.3 Å². The average molecular weight is 273 g/mol. The molecule has 2 rings (SSSR count). The van der Waals surface area contributed by atoms with Gasteiger partial charge in [0.05, 0.1) is 5.56 Å². The van der Waals surface area contributed by atoms with E-state index >= 15 is 0 Å². The maximum Gasteiger partial charge on any atom is 0.519 e. The van der Waals surface area contributed by atoms with Gasteiger partial charge in [-0.15, -0.1) is 0 Å². The molecule has 2 aromatic carbocycles. The summed E-state index contributed by atoms with van der Waals surface area (Å²) in [7, 11) is 0. The van der Waals surface area contributed by atoms with E-state index < -0.39 is 12.1 Å². The van der Waals surface area contributed by atoms with E-state index in [1.807, 2.05) is 0 Å². The number of carboxylic acids is 1. The zero-order chi connectivity index (χ0) is 14.5. The SMILES string of the molecule is Nc1cc(OC(=O)Oc2ccccc2)ccc1C(=O)O. The number of hydrogen-bond donors (Lipinski definition) is 2. The molecule has 0 aliphatic heterocycles. The number of carbonyl (C=O) groups excluding carboxylic acids is 1. The van der Waals surface area contributed by atoms with Crippen LogP contribution in [0.4, 0.5) is 10.5 Å². The molecule has 6 heteroatoms. The molecule has 0 spiro atoms. The lowest BCUT2D eigenvalue weighted by Gasteiger charge is -2.07. The lowest BCUT2D eigenvalue weighted by Crippen LogP contribution is -2.14. The third kappa shape index (κ3) is 3.26. The van der Waals surface area contributed by atoms with Crippen molar-refractivity contribution in [3.63, 3.8) is 0 Å². The highest BCUT2D eigenvalue weighted by atomic mass is 16.7. The Balaban J connectivity index is 2.05. The maximum absolute atomic E-state index is 11.5. The minimum absolute atomic E-state index is 0.00233. The predicted octanol–water partition coefficient (Wildman–Crippen LogP) is 2.54. The van der Waals surface area contributed by atoms with E-state index in [2.05, 4.69) is 0 Å². The summed E-state index contributed by atoms with van der Waals surface area (Å²) >= 11 is 0. The van der Waals surface area contributed by atoms with Crippen molar-refractivity contribution in [3.05, 3.63) is 54.1 Å². The Morgan fingerprint density at radius 2 is 1.60 bits per heavy atom. The first-order valence-electron chi connectivity index (χ1n) is 5.64. The van der Waals surface area contributed by atoms with Crippen LogP contribution in [0.25, 0.3) is 0 Å². The molecular weight excluding hydrogens is 262 g/mol. The quantitative estimate of drug-likeness (QED) is 0.506. The summed E-state index contributed by atoms with van der Waals surface area (Å²) in [6, 6.07) is 12.2. The van der Waals surface area contributed by atoms with E-state index in [1.165, 1.54) is 18.2 Å². The van der Waals surface area contributed by atoms with Gasteiger partial charge in [0.1, 0.15) is 11.5 Å². The number of rotatable bonds is 3. The van der Waals surface area contributed by atoms with Crippen LogP contribution in [0.2, 0.25) is 0 Å². The van der Waals surface area contributed by atoms with Crippen molar-refractivity contribution in [3.8, 4) is 11.5 Å². The number of para-hydroxylation sites is 1. The Morgan fingerprint density at radius 3 is 2.20 bits per heavy atom. The number of aromatic carboxylic acids is 1. The normalized spacial score (nSPS) is 9.80. The highest BCUT2D eigenvalue weighted by Gasteiger charge is 2.12. The van der Waals surface area contributed by atoms with Crippen LogP contribution in [-0.2, 0) is 0 Å². The van der Waals surface area contributed by atoms with Crippen molar-refractivity contribution in [2.75, 3.05) is 5.73 Å². The largest absolute Gasteiger partial charge is 0.519 e. The third-order valence-electron chi connectivity index (χ3n) is 2.40. The average Bonchev–Trinajstić information content (AvgIpc) is 2.39. The van der Waals surface area contributed by atoms with Crippen LogP contribution in [0.1, 0.15) is 10.4 Å². The summed E-state index contributed by atoms with van der Waals surface area (Å²) in [6.07, 6.45) is -0.932. The number of nitrogen functional groups attached to an aromatic ring is 1.